The topological polar surface area (TPSA) is 35.5 Å². The van der Waals surface area contributed by atoms with E-state index in [1.54, 1.807) is 0 Å². The molecule has 0 heterocycles. The summed E-state index contributed by atoms with van der Waals surface area (Å²) < 4.78 is 22.1. The van der Waals surface area contributed by atoms with Crippen LogP contribution in [-0.4, -0.2) is 13.2 Å². The van der Waals surface area contributed by atoms with Crippen LogP contribution in [0.25, 0.3) is 0 Å². The Bertz CT molecular complexity index is 493. The Balaban J connectivity index is 1.49. The van der Waals surface area contributed by atoms with Crippen molar-refractivity contribution in [3.8, 4) is 0 Å². The maximum absolute atomic E-state index is 11.6. The van der Waals surface area contributed by atoms with Gasteiger partial charge in [0.25, 0.3) is 0 Å². The summed E-state index contributed by atoms with van der Waals surface area (Å²) in [6.45, 7) is 0.955. The zero-order valence-electron chi connectivity index (χ0n) is 12.7. The summed E-state index contributed by atoms with van der Waals surface area (Å²) in [4.78, 5) is 0. The third-order valence-electron chi connectivity index (χ3n) is 3.35. The monoisotopic (exact) mass is 318 g/mol. The summed E-state index contributed by atoms with van der Waals surface area (Å²) in [6, 6.07) is 20.4. The third kappa shape index (κ3) is 7.04. The lowest BCUT2D eigenvalue weighted by Gasteiger charge is -2.06. The standard InChI is InChI=1S/C18H23O3P/c19-22(20-15-7-13-17-9-3-1-4-10-17)21-16-8-14-18-11-5-2-6-12-18/h1-6,9-12,22H,7-8,13-16H2. The minimum atomic E-state index is -2.35. The molecule has 118 valence electrons. The number of hydrogen-bond acceptors (Lipinski definition) is 3. The van der Waals surface area contributed by atoms with E-state index in [-0.39, 0.29) is 0 Å². The van der Waals surface area contributed by atoms with Gasteiger partial charge in [-0.2, -0.15) is 0 Å². The zero-order valence-corrected chi connectivity index (χ0v) is 13.7. The van der Waals surface area contributed by atoms with Gasteiger partial charge < -0.3 is 9.05 Å². The van der Waals surface area contributed by atoms with Crippen LogP contribution in [0, 0.1) is 0 Å². The maximum atomic E-state index is 11.6. The fourth-order valence-electron chi connectivity index (χ4n) is 2.19. The normalized spacial score (nSPS) is 11.0. The zero-order chi connectivity index (χ0) is 15.5. The Morgan fingerprint density at radius 2 is 1.09 bits per heavy atom. The third-order valence-corrected chi connectivity index (χ3v) is 4.22. The molecule has 0 amide bonds. The van der Waals surface area contributed by atoms with Gasteiger partial charge in [0.2, 0.25) is 0 Å². The van der Waals surface area contributed by atoms with E-state index in [4.69, 9.17) is 9.05 Å². The molecular weight excluding hydrogens is 295 g/mol. The van der Waals surface area contributed by atoms with E-state index >= 15 is 0 Å². The van der Waals surface area contributed by atoms with Crippen molar-refractivity contribution < 1.29 is 13.6 Å². The number of hydrogen-bond donors (Lipinski definition) is 0. The minimum Gasteiger partial charge on any atom is -0.311 e. The molecule has 0 N–H and O–H groups in total. The summed E-state index contributed by atoms with van der Waals surface area (Å²) >= 11 is 0. The molecule has 0 saturated carbocycles. The van der Waals surface area contributed by atoms with Crippen LogP contribution >= 0.6 is 8.25 Å². The highest BCUT2D eigenvalue weighted by Crippen LogP contribution is 2.24. The summed E-state index contributed by atoms with van der Waals surface area (Å²) in [7, 11) is -2.35. The van der Waals surface area contributed by atoms with Crippen molar-refractivity contribution in [1.82, 2.24) is 0 Å². The molecule has 22 heavy (non-hydrogen) atoms. The smallest absolute Gasteiger partial charge is 0.311 e. The number of rotatable bonds is 10. The van der Waals surface area contributed by atoms with Crippen LogP contribution in [0.3, 0.4) is 0 Å². The second-order valence-corrected chi connectivity index (χ2v) is 6.20. The van der Waals surface area contributed by atoms with Crippen LogP contribution in [0.15, 0.2) is 60.7 Å². The predicted octanol–water partition coefficient (Wildman–Crippen LogP) is 4.67. The van der Waals surface area contributed by atoms with Crippen molar-refractivity contribution in [3.05, 3.63) is 71.8 Å². The van der Waals surface area contributed by atoms with Gasteiger partial charge >= 0.3 is 8.25 Å². The molecule has 3 nitrogen and oxygen atoms in total. The Labute approximate surface area is 133 Å². The van der Waals surface area contributed by atoms with Crippen molar-refractivity contribution in [2.75, 3.05) is 13.2 Å². The van der Waals surface area contributed by atoms with Gasteiger partial charge in [-0.25, -0.2) is 0 Å². The molecule has 2 rings (SSSR count). The SMILES string of the molecule is O=[PH](OCCCc1ccccc1)OCCCc1ccccc1. The largest absolute Gasteiger partial charge is 0.319 e. The molecule has 0 radical (unpaired) electrons. The van der Waals surface area contributed by atoms with Gasteiger partial charge in [-0.3, -0.25) is 4.57 Å². The molecule has 0 aliphatic rings. The predicted molar refractivity (Wildman–Crippen MR) is 90.4 cm³/mol. The van der Waals surface area contributed by atoms with Gasteiger partial charge in [-0.05, 0) is 36.8 Å². The molecule has 0 unspecified atom stereocenters. The van der Waals surface area contributed by atoms with Gasteiger partial charge in [0.1, 0.15) is 0 Å². The molecule has 2 aromatic carbocycles. The van der Waals surface area contributed by atoms with E-state index in [0.29, 0.717) is 13.2 Å². The van der Waals surface area contributed by atoms with Gasteiger partial charge in [0, 0.05) is 0 Å². The Hall–Kier alpha value is -1.41. The summed E-state index contributed by atoms with van der Waals surface area (Å²) in [6.07, 6.45) is 3.58. The van der Waals surface area contributed by atoms with Gasteiger partial charge in [-0.15, -0.1) is 0 Å². The first-order chi connectivity index (χ1) is 10.8. The van der Waals surface area contributed by atoms with Crippen molar-refractivity contribution in [1.29, 1.82) is 0 Å². The highest BCUT2D eigenvalue weighted by Gasteiger charge is 2.00. The first-order valence-electron chi connectivity index (χ1n) is 7.72. The van der Waals surface area contributed by atoms with Crippen molar-refractivity contribution >= 4 is 8.25 Å². The van der Waals surface area contributed by atoms with Crippen LogP contribution in [-0.2, 0) is 26.5 Å². The van der Waals surface area contributed by atoms with Gasteiger partial charge in [0.05, 0.1) is 13.2 Å². The van der Waals surface area contributed by atoms with Crippen LogP contribution in [0.5, 0.6) is 0 Å². The molecule has 0 aliphatic carbocycles. The Kier molecular flexibility index (Phi) is 7.97. The van der Waals surface area contributed by atoms with Crippen molar-refractivity contribution in [2.24, 2.45) is 0 Å². The number of aryl methyl sites for hydroxylation is 2. The number of benzene rings is 2. The van der Waals surface area contributed by atoms with Crippen molar-refractivity contribution in [3.63, 3.8) is 0 Å². The van der Waals surface area contributed by atoms with E-state index in [9.17, 15) is 4.57 Å². The fraction of sp³-hybridized carbons (Fsp3) is 0.333. The van der Waals surface area contributed by atoms with Crippen LogP contribution < -0.4 is 0 Å². The summed E-state index contributed by atoms with van der Waals surface area (Å²) in [5.41, 5.74) is 2.55. The average molecular weight is 318 g/mol. The van der Waals surface area contributed by atoms with Gasteiger partial charge in [0.15, 0.2) is 0 Å². The lowest BCUT2D eigenvalue weighted by molar-refractivity contribution is 0.222. The van der Waals surface area contributed by atoms with Crippen LogP contribution in [0.4, 0.5) is 0 Å². The molecule has 0 bridgehead atoms. The van der Waals surface area contributed by atoms with E-state index in [2.05, 4.69) is 24.3 Å². The summed E-state index contributed by atoms with van der Waals surface area (Å²) in [5, 5.41) is 0. The van der Waals surface area contributed by atoms with E-state index in [0.717, 1.165) is 25.7 Å². The minimum absolute atomic E-state index is 0.478. The molecule has 0 fully saturated rings. The molecule has 4 heteroatoms. The highest BCUT2D eigenvalue weighted by atomic mass is 31.1. The maximum Gasteiger partial charge on any atom is 0.319 e. The van der Waals surface area contributed by atoms with E-state index in [1.807, 2.05) is 36.4 Å². The Morgan fingerprint density at radius 3 is 1.50 bits per heavy atom. The Morgan fingerprint density at radius 1 is 0.682 bits per heavy atom. The van der Waals surface area contributed by atoms with E-state index in [1.165, 1.54) is 11.1 Å². The summed E-state index contributed by atoms with van der Waals surface area (Å²) in [5.74, 6) is 0. The molecule has 2 aromatic rings. The second kappa shape index (κ2) is 10.3. The molecule has 0 spiro atoms. The first kappa shape index (κ1) is 17.0. The molecule has 0 aromatic heterocycles. The van der Waals surface area contributed by atoms with Gasteiger partial charge in [-0.1, -0.05) is 60.7 Å². The van der Waals surface area contributed by atoms with Crippen molar-refractivity contribution in [2.45, 2.75) is 25.7 Å². The van der Waals surface area contributed by atoms with Crippen LogP contribution in [0.1, 0.15) is 24.0 Å². The van der Waals surface area contributed by atoms with Crippen LogP contribution in [0.2, 0.25) is 0 Å². The van der Waals surface area contributed by atoms with E-state index < -0.39 is 8.25 Å². The fourth-order valence-corrected chi connectivity index (χ4v) is 2.90. The quantitative estimate of drug-likeness (QED) is 0.471. The first-order valence-corrected chi connectivity index (χ1v) is 8.94. The lowest BCUT2D eigenvalue weighted by Crippen LogP contribution is -1.95. The average Bonchev–Trinajstić information content (AvgIpc) is 2.57. The second-order valence-electron chi connectivity index (χ2n) is 5.13. The molecular formula is C18H23O3P. The molecule has 0 saturated heterocycles. The lowest BCUT2D eigenvalue weighted by atomic mass is 10.1. The molecule has 0 aliphatic heterocycles. The molecule has 0 atom stereocenters. The highest BCUT2D eigenvalue weighted by molar-refractivity contribution is 7.33.